The summed E-state index contributed by atoms with van der Waals surface area (Å²) in [6.07, 6.45) is -8.16. The lowest BCUT2D eigenvalue weighted by Gasteiger charge is -2.33. The summed E-state index contributed by atoms with van der Waals surface area (Å²) in [6.45, 7) is 2.01. The second-order valence-corrected chi connectivity index (χ2v) is 8.32. The highest BCUT2D eigenvalue weighted by molar-refractivity contribution is 6.06. The quantitative estimate of drug-likeness (QED) is 0.188. The Bertz CT molecular complexity index is 1070. The number of rotatable bonds is 11. The summed E-state index contributed by atoms with van der Waals surface area (Å²) in [6, 6.07) is 1.57. The number of ether oxygens (including phenoxy) is 2. The van der Waals surface area contributed by atoms with E-state index in [2.05, 4.69) is 40.6 Å². The Balaban J connectivity index is 2.02. The second-order valence-electron chi connectivity index (χ2n) is 8.32. The Morgan fingerprint density at radius 1 is 1.26 bits per heavy atom. The predicted molar refractivity (Wildman–Crippen MR) is 126 cm³/mol. The molecule has 1 saturated heterocycles. The first-order chi connectivity index (χ1) is 17.8. The molecule has 1 fully saturated rings. The van der Waals surface area contributed by atoms with Gasteiger partial charge in [-0.2, -0.15) is 18.2 Å². The lowest BCUT2D eigenvalue weighted by molar-refractivity contribution is -0.322. The molecule has 1 aliphatic rings. The minimum absolute atomic E-state index is 0.0335. The molecule has 2 aromatic rings. The molecule has 4 N–H and O–H groups in total. The molecule has 1 aliphatic heterocycles. The smallest absolute Gasteiger partial charge is 0.378 e. The van der Waals surface area contributed by atoms with Gasteiger partial charge in [0, 0.05) is 38.4 Å². The van der Waals surface area contributed by atoms with Gasteiger partial charge >= 0.3 is 12.5 Å². The van der Waals surface area contributed by atoms with E-state index in [1.807, 2.05) is 11.8 Å². The van der Waals surface area contributed by atoms with Gasteiger partial charge in [0.2, 0.25) is 5.95 Å². The monoisotopic (exact) mass is 551 g/mol. The van der Waals surface area contributed by atoms with Gasteiger partial charge in [-0.15, -0.1) is 13.2 Å². The molecule has 0 amide bonds. The van der Waals surface area contributed by atoms with Crippen LogP contribution in [0.3, 0.4) is 0 Å². The molecule has 0 aliphatic carbocycles. The number of alkyl halides is 6. The van der Waals surface area contributed by atoms with Gasteiger partial charge < -0.3 is 31.0 Å². The van der Waals surface area contributed by atoms with Crippen molar-refractivity contribution < 1.29 is 35.8 Å². The van der Waals surface area contributed by atoms with Crippen LogP contribution in [0.15, 0.2) is 18.6 Å². The molecule has 2 atom stereocenters. The van der Waals surface area contributed by atoms with Gasteiger partial charge in [-0.05, 0) is 19.9 Å². The van der Waals surface area contributed by atoms with Crippen molar-refractivity contribution in [2.75, 3.05) is 54.9 Å². The third kappa shape index (κ3) is 8.91. The summed E-state index contributed by atoms with van der Waals surface area (Å²) < 4.78 is 84.3. The van der Waals surface area contributed by atoms with Gasteiger partial charge in [-0.25, -0.2) is 15.0 Å². The Labute approximate surface area is 213 Å². The highest BCUT2D eigenvalue weighted by Gasteiger charge is 2.32. The van der Waals surface area contributed by atoms with Gasteiger partial charge in [0.05, 0.1) is 18.4 Å². The van der Waals surface area contributed by atoms with Crippen LogP contribution in [0.2, 0.25) is 0 Å². The number of piperazine rings is 1. The third-order valence-corrected chi connectivity index (χ3v) is 5.21. The van der Waals surface area contributed by atoms with Crippen molar-refractivity contribution in [3.05, 3.63) is 24.3 Å². The van der Waals surface area contributed by atoms with Gasteiger partial charge in [0.25, 0.3) is 0 Å². The highest BCUT2D eigenvalue weighted by Crippen LogP contribution is 2.30. The fraction of sp³-hybridized carbons (Fsp3) is 0.571. The summed E-state index contributed by atoms with van der Waals surface area (Å²) in [5, 5.41) is 17.5. The van der Waals surface area contributed by atoms with Crippen LogP contribution in [0.5, 0.6) is 0 Å². The summed E-state index contributed by atoms with van der Waals surface area (Å²) in [4.78, 5) is 18.6. The van der Waals surface area contributed by atoms with Crippen molar-refractivity contribution in [3.8, 4) is 0 Å². The number of anilines is 4. The van der Waals surface area contributed by atoms with Gasteiger partial charge in [-0.1, -0.05) is 0 Å². The summed E-state index contributed by atoms with van der Waals surface area (Å²) in [5.41, 5.74) is -0.626. The molecule has 0 bridgehead atoms. The van der Waals surface area contributed by atoms with Crippen LogP contribution in [0.1, 0.15) is 19.5 Å². The lowest BCUT2D eigenvalue weighted by Crippen LogP contribution is -2.50. The van der Waals surface area contributed by atoms with E-state index in [4.69, 9.17) is 10.1 Å². The molecule has 0 aromatic carbocycles. The van der Waals surface area contributed by atoms with Gasteiger partial charge in [0.15, 0.2) is 5.82 Å². The number of nitrogens with one attached hydrogen (secondary N) is 4. The second kappa shape index (κ2) is 12.5. The predicted octanol–water partition coefficient (Wildman–Crippen LogP) is 3.09. The molecule has 38 heavy (non-hydrogen) atoms. The zero-order valence-corrected chi connectivity index (χ0v) is 20.4. The van der Waals surface area contributed by atoms with E-state index in [0.717, 1.165) is 0 Å². The van der Waals surface area contributed by atoms with E-state index < -0.39 is 37.6 Å². The molecule has 3 rings (SSSR count). The van der Waals surface area contributed by atoms with E-state index in [1.54, 1.807) is 0 Å². The van der Waals surface area contributed by atoms with Crippen molar-refractivity contribution >= 4 is 29.0 Å². The zero-order valence-electron chi connectivity index (χ0n) is 20.4. The molecule has 2 aromatic heterocycles. The van der Waals surface area contributed by atoms with E-state index in [1.165, 1.54) is 25.5 Å². The molecule has 11 nitrogen and oxygen atoms in total. The van der Waals surface area contributed by atoms with Crippen LogP contribution in [0.25, 0.3) is 0 Å². The topological polar surface area (TPSA) is 133 Å². The molecule has 0 saturated carbocycles. The van der Waals surface area contributed by atoms with Crippen molar-refractivity contribution in [2.24, 2.45) is 0 Å². The SMILES string of the molecule is CC(OCC(F)(F)F)C(=N)c1nc(N2CCN[C@H](C)C2)nc(Nc2ccncn2)c1NCCOC(F)(F)F. The minimum atomic E-state index is -4.86. The maximum atomic E-state index is 12.7. The van der Waals surface area contributed by atoms with E-state index in [9.17, 15) is 26.3 Å². The molecule has 3 heterocycles. The Morgan fingerprint density at radius 2 is 2.03 bits per heavy atom. The Morgan fingerprint density at radius 3 is 2.66 bits per heavy atom. The van der Waals surface area contributed by atoms with Crippen molar-refractivity contribution in [2.45, 2.75) is 38.5 Å². The van der Waals surface area contributed by atoms with E-state index in [-0.39, 0.29) is 41.6 Å². The first kappa shape index (κ1) is 29.2. The number of halogens is 6. The van der Waals surface area contributed by atoms with Crippen molar-refractivity contribution in [1.29, 1.82) is 5.41 Å². The first-order valence-electron chi connectivity index (χ1n) is 11.5. The van der Waals surface area contributed by atoms with Crippen LogP contribution < -0.4 is 20.9 Å². The van der Waals surface area contributed by atoms with Crippen LogP contribution in [-0.2, 0) is 9.47 Å². The van der Waals surface area contributed by atoms with Crippen LogP contribution >= 0.6 is 0 Å². The van der Waals surface area contributed by atoms with Crippen molar-refractivity contribution in [3.63, 3.8) is 0 Å². The largest absolute Gasteiger partial charge is 0.522 e. The van der Waals surface area contributed by atoms with Crippen LogP contribution in [-0.4, -0.2) is 89.7 Å². The molecule has 17 heteroatoms. The number of aromatic nitrogens is 4. The zero-order chi connectivity index (χ0) is 27.9. The van der Waals surface area contributed by atoms with E-state index in [0.29, 0.717) is 19.6 Å². The summed E-state index contributed by atoms with van der Waals surface area (Å²) >= 11 is 0. The molecule has 0 spiro atoms. The molecular formula is C21H27F6N9O2. The minimum Gasteiger partial charge on any atom is -0.378 e. The van der Waals surface area contributed by atoms with E-state index >= 15 is 0 Å². The number of hydrogen-bond donors (Lipinski definition) is 4. The standard InChI is InChI=1S/C21H27F6N9O2/c1-12-9-36(7-5-30-12)19-34-16(15(28)13(2)37-10-20(22,23)24)17(31-6-8-38-21(25,26)27)18(35-19)33-14-3-4-29-11-32-14/h3-4,11-13,28,30-31H,5-10H2,1-2H3,(H,29,32,33,34,35)/t12-,13?/m1/s1. The van der Waals surface area contributed by atoms with Crippen LogP contribution in [0, 0.1) is 5.41 Å². The Kier molecular flexibility index (Phi) is 9.61. The van der Waals surface area contributed by atoms with Crippen LogP contribution in [0.4, 0.5) is 49.6 Å². The lowest BCUT2D eigenvalue weighted by atomic mass is 10.1. The number of nitrogens with zero attached hydrogens (tertiary/aromatic N) is 5. The van der Waals surface area contributed by atoms with Gasteiger partial charge in [0.1, 0.15) is 30.1 Å². The average molecular weight is 551 g/mol. The first-order valence-corrected chi connectivity index (χ1v) is 11.5. The summed E-state index contributed by atoms with van der Waals surface area (Å²) in [7, 11) is 0. The normalized spacial score (nSPS) is 17.3. The maximum Gasteiger partial charge on any atom is 0.522 e. The molecule has 210 valence electrons. The third-order valence-electron chi connectivity index (χ3n) is 5.21. The van der Waals surface area contributed by atoms with Gasteiger partial charge in [-0.3, -0.25) is 4.74 Å². The maximum absolute atomic E-state index is 12.7. The fourth-order valence-corrected chi connectivity index (χ4v) is 3.48. The van der Waals surface area contributed by atoms with Crippen molar-refractivity contribution in [1.82, 2.24) is 25.3 Å². The highest BCUT2D eigenvalue weighted by atomic mass is 19.4. The summed E-state index contributed by atoms with van der Waals surface area (Å²) in [5.74, 6) is 0.469. The molecule has 0 radical (unpaired) electrons. The Hall–Kier alpha value is -3.31. The average Bonchev–Trinajstić information content (AvgIpc) is 2.84. The molecule has 1 unspecified atom stereocenters. The fourth-order valence-electron chi connectivity index (χ4n) is 3.48. The molecular weight excluding hydrogens is 524 g/mol. The number of hydrogen-bond acceptors (Lipinski definition) is 11.